The van der Waals surface area contributed by atoms with Crippen LogP contribution in [0.1, 0.15) is 38.3 Å². The molecule has 0 fully saturated rings. The van der Waals surface area contributed by atoms with Crippen molar-refractivity contribution in [2.45, 2.75) is 57.1 Å². The van der Waals surface area contributed by atoms with Crippen molar-refractivity contribution in [2.75, 3.05) is 17.5 Å². The van der Waals surface area contributed by atoms with Gasteiger partial charge in [0.15, 0.2) is 0 Å². The number of rotatable bonds is 15. The molecule has 0 aliphatic heterocycles. The number of carbonyl (C=O) groups is 2. The molecular weight excluding hydrogens is 693 g/mol. The third-order valence-corrected chi connectivity index (χ3v) is 10.4. The number of benzene rings is 4. The third kappa shape index (κ3) is 9.66. The summed E-state index contributed by atoms with van der Waals surface area (Å²) >= 11 is 18.8. The van der Waals surface area contributed by atoms with E-state index in [-0.39, 0.29) is 35.5 Å². The first-order chi connectivity index (χ1) is 22.9. The van der Waals surface area contributed by atoms with E-state index in [4.69, 9.17) is 39.5 Å². The molecule has 1 N–H and O–H groups in total. The van der Waals surface area contributed by atoms with Crippen LogP contribution in [-0.2, 0) is 32.6 Å². The number of hydrogen-bond acceptors (Lipinski definition) is 5. The predicted molar refractivity (Wildman–Crippen MR) is 192 cm³/mol. The maximum Gasteiger partial charge on any atom is 0.264 e. The van der Waals surface area contributed by atoms with Crippen LogP contribution >= 0.6 is 34.8 Å². The van der Waals surface area contributed by atoms with Crippen LogP contribution in [0, 0.1) is 0 Å². The summed E-state index contributed by atoms with van der Waals surface area (Å²) < 4.78 is 35.0. The fourth-order valence-corrected chi connectivity index (χ4v) is 6.97. The van der Waals surface area contributed by atoms with Crippen molar-refractivity contribution in [1.29, 1.82) is 0 Å². The molecule has 0 saturated carbocycles. The van der Waals surface area contributed by atoms with Crippen molar-refractivity contribution in [1.82, 2.24) is 10.2 Å². The number of hydrogen-bond donors (Lipinski definition) is 1. The lowest BCUT2D eigenvalue weighted by Gasteiger charge is -2.34. The van der Waals surface area contributed by atoms with Gasteiger partial charge in [0.2, 0.25) is 11.8 Å². The van der Waals surface area contributed by atoms with Crippen LogP contribution in [0.2, 0.25) is 15.1 Å². The van der Waals surface area contributed by atoms with Crippen LogP contribution < -0.4 is 14.4 Å². The average molecular weight is 731 g/mol. The van der Waals surface area contributed by atoms with Gasteiger partial charge in [-0.25, -0.2) is 8.42 Å². The Labute approximate surface area is 297 Å². The molecule has 254 valence electrons. The number of sulfonamides is 1. The summed E-state index contributed by atoms with van der Waals surface area (Å²) in [5.41, 5.74) is 1.59. The molecular formula is C36H38Cl3N3O5S. The minimum absolute atomic E-state index is 0.0590. The Morgan fingerprint density at radius 2 is 1.50 bits per heavy atom. The second-order valence-electron chi connectivity index (χ2n) is 11.2. The Morgan fingerprint density at radius 1 is 0.854 bits per heavy atom. The molecule has 4 rings (SSSR count). The van der Waals surface area contributed by atoms with Crippen LogP contribution in [0.25, 0.3) is 0 Å². The minimum atomic E-state index is -4.30. The molecule has 0 spiro atoms. The first kappa shape index (κ1) is 37.1. The fraction of sp³-hybridized carbons (Fsp3) is 0.278. The number of halogens is 3. The van der Waals surface area contributed by atoms with E-state index in [1.54, 1.807) is 42.5 Å². The number of nitrogens with one attached hydrogen (secondary N) is 1. The summed E-state index contributed by atoms with van der Waals surface area (Å²) in [5, 5.41) is 4.09. The van der Waals surface area contributed by atoms with Gasteiger partial charge in [-0.05, 0) is 92.1 Å². The van der Waals surface area contributed by atoms with Crippen LogP contribution in [-0.4, -0.2) is 50.4 Å². The largest absolute Gasteiger partial charge is 0.494 e. The maximum atomic E-state index is 14.6. The molecule has 4 aromatic carbocycles. The lowest BCUT2D eigenvalue weighted by molar-refractivity contribution is -0.140. The highest BCUT2D eigenvalue weighted by Crippen LogP contribution is 2.29. The number of amides is 2. The predicted octanol–water partition coefficient (Wildman–Crippen LogP) is 7.80. The minimum Gasteiger partial charge on any atom is -0.494 e. The second-order valence-corrected chi connectivity index (χ2v) is 14.3. The highest BCUT2D eigenvalue weighted by molar-refractivity contribution is 7.92. The molecule has 4 aromatic rings. The normalized spacial score (nSPS) is 12.5. The maximum absolute atomic E-state index is 14.6. The van der Waals surface area contributed by atoms with Crippen molar-refractivity contribution in [2.24, 2.45) is 0 Å². The van der Waals surface area contributed by atoms with E-state index in [0.29, 0.717) is 39.4 Å². The van der Waals surface area contributed by atoms with E-state index >= 15 is 0 Å². The summed E-state index contributed by atoms with van der Waals surface area (Å²) in [4.78, 5) is 29.9. The van der Waals surface area contributed by atoms with E-state index < -0.39 is 28.5 Å². The van der Waals surface area contributed by atoms with E-state index in [1.165, 1.54) is 29.2 Å². The zero-order chi connectivity index (χ0) is 34.8. The zero-order valence-corrected chi connectivity index (χ0v) is 30.0. The summed E-state index contributed by atoms with van der Waals surface area (Å²) in [5.74, 6) is -0.451. The van der Waals surface area contributed by atoms with Crippen molar-refractivity contribution in [3.63, 3.8) is 0 Å². The lowest BCUT2D eigenvalue weighted by atomic mass is 10.0. The molecule has 2 amide bonds. The van der Waals surface area contributed by atoms with Crippen molar-refractivity contribution in [3.8, 4) is 5.75 Å². The highest BCUT2D eigenvalue weighted by atomic mass is 35.5. The smallest absolute Gasteiger partial charge is 0.264 e. The summed E-state index contributed by atoms with van der Waals surface area (Å²) in [6, 6.07) is 25.2. The quantitative estimate of drug-likeness (QED) is 0.135. The Bertz CT molecular complexity index is 1790. The van der Waals surface area contributed by atoms with Crippen molar-refractivity contribution >= 4 is 62.3 Å². The summed E-state index contributed by atoms with van der Waals surface area (Å²) in [7, 11) is -4.30. The molecule has 0 aliphatic carbocycles. The van der Waals surface area contributed by atoms with Crippen LogP contribution in [0.3, 0.4) is 0 Å². The molecule has 0 aromatic heterocycles. The number of ether oxygens (including phenoxy) is 1. The molecule has 0 saturated heterocycles. The zero-order valence-electron chi connectivity index (χ0n) is 26.9. The SMILES string of the molecule is CCOc1ccc(N(CC(=O)N(Cc2ccc(Cl)cc2Cl)C(Cc2ccccc2)C(=O)NC(C)CC)S(=O)(=O)c2ccc(Cl)cc2)cc1. The lowest BCUT2D eigenvalue weighted by Crippen LogP contribution is -2.54. The van der Waals surface area contributed by atoms with Gasteiger partial charge in [0, 0.05) is 34.1 Å². The summed E-state index contributed by atoms with van der Waals surface area (Å²) in [6.07, 6.45) is 0.846. The van der Waals surface area contributed by atoms with E-state index in [1.807, 2.05) is 51.1 Å². The first-order valence-corrected chi connectivity index (χ1v) is 18.1. The topological polar surface area (TPSA) is 96.0 Å². The van der Waals surface area contributed by atoms with Gasteiger partial charge >= 0.3 is 0 Å². The van der Waals surface area contributed by atoms with E-state index in [0.717, 1.165) is 9.87 Å². The second kappa shape index (κ2) is 17.1. The Morgan fingerprint density at radius 3 is 2.10 bits per heavy atom. The Balaban J connectivity index is 1.83. The molecule has 0 heterocycles. The molecule has 48 heavy (non-hydrogen) atoms. The fourth-order valence-electron chi connectivity index (χ4n) is 4.97. The first-order valence-electron chi connectivity index (χ1n) is 15.5. The van der Waals surface area contributed by atoms with Crippen LogP contribution in [0.4, 0.5) is 5.69 Å². The standard InChI is InChI=1S/C36H38Cl3N3O5S/c1-4-25(3)40-36(44)34(21-26-9-7-6-8-10-26)41(23-27-11-12-29(38)22-33(27)39)35(43)24-42(30-15-17-31(18-16-30)47-5-2)48(45,46)32-19-13-28(37)14-20-32/h6-20,22,25,34H,4-5,21,23-24H2,1-3H3,(H,40,44). The Kier molecular flexibility index (Phi) is 13.2. The molecule has 0 bridgehead atoms. The van der Waals surface area contributed by atoms with Crippen LogP contribution in [0.5, 0.6) is 5.75 Å². The van der Waals surface area contributed by atoms with Gasteiger partial charge in [-0.15, -0.1) is 0 Å². The molecule has 2 unspecified atom stereocenters. The van der Waals surface area contributed by atoms with Gasteiger partial charge in [0.1, 0.15) is 18.3 Å². The van der Waals surface area contributed by atoms with Gasteiger partial charge in [-0.2, -0.15) is 0 Å². The molecule has 2 atom stereocenters. The highest BCUT2D eigenvalue weighted by Gasteiger charge is 2.35. The summed E-state index contributed by atoms with van der Waals surface area (Å²) in [6.45, 7) is 5.39. The molecule has 12 heteroatoms. The molecule has 0 radical (unpaired) electrons. The van der Waals surface area contributed by atoms with E-state index in [9.17, 15) is 18.0 Å². The van der Waals surface area contributed by atoms with Gasteiger partial charge in [-0.3, -0.25) is 13.9 Å². The number of carbonyl (C=O) groups excluding carboxylic acids is 2. The molecule has 8 nitrogen and oxygen atoms in total. The van der Waals surface area contributed by atoms with Gasteiger partial charge in [0.05, 0.1) is 17.2 Å². The van der Waals surface area contributed by atoms with Crippen molar-refractivity contribution in [3.05, 3.63) is 123 Å². The van der Waals surface area contributed by atoms with Crippen LogP contribution in [0.15, 0.2) is 102 Å². The third-order valence-electron chi connectivity index (χ3n) is 7.74. The van der Waals surface area contributed by atoms with Crippen molar-refractivity contribution < 1.29 is 22.7 Å². The molecule has 0 aliphatic rings. The Hall–Kier alpha value is -3.76. The number of anilines is 1. The van der Waals surface area contributed by atoms with Gasteiger partial charge < -0.3 is 15.0 Å². The monoisotopic (exact) mass is 729 g/mol. The van der Waals surface area contributed by atoms with Gasteiger partial charge in [0.25, 0.3) is 10.0 Å². The number of nitrogens with zero attached hydrogens (tertiary/aromatic N) is 2. The average Bonchev–Trinajstić information content (AvgIpc) is 3.07. The van der Waals surface area contributed by atoms with E-state index in [2.05, 4.69) is 5.32 Å². The van der Waals surface area contributed by atoms with Gasteiger partial charge in [-0.1, -0.05) is 78.1 Å².